The molecule has 1 saturated heterocycles. The molecule has 0 aromatic heterocycles. The Balaban J connectivity index is 2.39. The number of carbonyl (C=O) groups excluding carboxylic acids is 1. The standard InChI is InChI=1S/C9H19N3O/c1-2-12(7-9(10)13)8-3-5-11-6-4-8/h8,11H,2-7H2,1H3,(H2,10,13). The minimum atomic E-state index is -0.222. The predicted molar refractivity (Wildman–Crippen MR) is 52.3 cm³/mol. The van der Waals surface area contributed by atoms with E-state index in [4.69, 9.17) is 5.73 Å². The van der Waals surface area contributed by atoms with Crippen molar-refractivity contribution < 1.29 is 4.79 Å². The van der Waals surface area contributed by atoms with Crippen LogP contribution in [0, 0.1) is 0 Å². The van der Waals surface area contributed by atoms with E-state index < -0.39 is 0 Å². The van der Waals surface area contributed by atoms with Crippen LogP contribution < -0.4 is 11.1 Å². The zero-order valence-corrected chi connectivity index (χ0v) is 8.25. The van der Waals surface area contributed by atoms with Crippen LogP contribution in [0.1, 0.15) is 19.8 Å². The number of likely N-dealkylation sites (N-methyl/N-ethyl adjacent to an activating group) is 1. The third-order valence-corrected chi connectivity index (χ3v) is 2.59. The van der Waals surface area contributed by atoms with Gasteiger partial charge in [0.2, 0.25) is 5.91 Å². The zero-order chi connectivity index (χ0) is 9.68. The molecule has 1 aliphatic heterocycles. The molecule has 1 amide bonds. The van der Waals surface area contributed by atoms with Crippen molar-refractivity contribution in [2.75, 3.05) is 26.2 Å². The minimum absolute atomic E-state index is 0.222. The van der Waals surface area contributed by atoms with Gasteiger partial charge in [0, 0.05) is 6.04 Å². The fourth-order valence-corrected chi connectivity index (χ4v) is 1.87. The molecule has 0 unspecified atom stereocenters. The lowest BCUT2D eigenvalue weighted by Gasteiger charge is -2.32. The van der Waals surface area contributed by atoms with E-state index in [1.54, 1.807) is 0 Å². The maximum Gasteiger partial charge on any atom is 0.231 e. The largest absolute Gasteiger partial charge is 0.369 e. The van der Waals surface area contributed by atoms with Gasteiger partial charge in [-0.1, -0.05) is 6.92 Å². The average molecular weight is 185 g/mol. The lowest BCUT2D eigenvalue weighted by molar-refractivity contribution is -0.119. The highest BCUT2D eigenvalue weighted by Gasteiger charge is 2.20. The smallest absolute Gasteiger partial charge is 0.231 e. The number of nitrogens with one attached hydrogen (secondary N) is 1. The summed E-state index contributed by atoms with van der Waals surface area (Å²) in [5.74, 6) is -0.222. The molecule has 0 aromatic rings. The van der Waals surface area contributed by atoms with Crippen molar-refractivity contribution in [3.05, 3.63) is 0 Å². The Hall–Kier alpha value is -0.610. The highest BCUT2D eigenvalue weighted by molar-refractivity contribution is 5.75. The molecule has 1 fully saturated rings. The molecule has 1 rings (SSSR count). The van der Waals surface area contributed by atoms with E-state index in [1.807, 2.05) is 0 Å². The Bertz CT molecular complexity index is 166. The van der Waals surface area contributed by atoms with Gasteiger partial charge < -0.3 is 11.1 Å². The highest BCUT2D eigenvalue weighted by Crippen LogP contribution is 2.10. The van der Waals surface area contributed by atoms with Crippen molar-refractivity contribution in [3.63, 3.8) is 0 Å². The molecule has 1 heterocycles. The number of rotatable bonds is 4. The van der Waals surface area contributed by atoms with Crippen LogP contribution >= 0.6 is 0 Å². The second kappa shape index (κ2) is 5.19. The summed E-state index contributed by atoms with van der Waals surface area (Å²) in [5, 5.41) is 3.30. The van der Waals surface area contributed by atoms with Crippen LogP contribution in [0.4, 0.5) is 0 Å². The van der Waals surface area contributed by atoms with Crippen LogP contribution in [0.5, 0.6) is 0 Å². The number of hydrogen-bond donors (Lipinski definition) is 2. The second-order valence-electron chi connectivity index (χ2n) is 3.51. The van der Waals surface area contributed by atoms with Gasteiger partial charge >= 0.3 is 0 Å². The molecule has 0 bridgehead atoms. The molecule has 4 nitrogen and oxygen atoms in total. The number of nitrogens with two attached hydrogens (primary N) is 1. The summed E-state index contributed by atoms with van der Waals surface area (Å²) in [5.41, 5.74) is 5.18. The lowest BCUT2D eigenvalue weighted by Crippen LogP contribution is -2.46. The van der Waals surface area contributed by atoms with Gasteiger partial charge in [-0.25, -0.2) is 0 Å². The van der Waals surface area contributed by atoms with E-state index in [0.717, 1.165) is 32.5 Å². The SMILES string of the molecule is CCN(CC(N)=O)C1CCNCC1. The first-order valence-electron chi connectivity index (χ1n) is 4.97. The van der Waals surface area contributed by atoms with Crippen LogP contribution in [-0.2, 0) is 4.79 Å². The third kappa shape index (κ3) is 3.32. The molecule has 0 atom stereocenters. The van der Waals surface area contributed by atoms with Crippen LogP contribution in [0.3, 0.4) is 0 Å². The minimum Gasteiger partial charge on any atom is -0.369 e. The first kappa shape index (κ1) is 10.5. The summed E-state index contributed by atoms with van der Waals surface area (Å²) < 4.78 is 0. The molecule has 0 spiro atoms. The number of nitrogens with zero attached hydrogens (tertiary/aromatic N) is 1. The first-order chi connectivity index (χ1) is 6.24. The quantitative estimate of drug-likeness (QED) is 0.623. The number of piperidine rings is 1. The van der Waals surface area contributed by atoms with Gasteiger partial charge in [-0.3, -0.25) is 9.69 Å². The Morgan fingerprint density at radius 1 is 1.54 bits per heavy atom. The third-order valence-electron chi connectivity index (χ3n) is 2.59. The average Bonchev–Trinajstić information content (AvgIpc) is 2.15. The molecule has 0 aliphatic carbocycles. The van der Waals surface area contributed by atoms with Crippen molar-refractivity contribution in [2.45, 2.75) is 25.8 Å². The molecule has 0 saturated carbocycles. The Morgan fingerprint density at radius 3 is 2.62 bits per heavy atom. The Labute approximate surface area is 79.5 Å². The van der Waals surface area contributed by atoms with Gasteiger partial charge in [0.25, 0.3) is 0 Å². The van der Waals surface area contributed by atoms with E-state index in [2.05, 4.69) is 17.1 Å². The summed E-state index contributed by atoms with van der Waals surface area (Å²) in [7, 11) is 0. The fourth-order valence-electron chi connectivity index (χ4n) is 1.87. The van der Waals surface area contributed by atoms with E-state index in [9.17, 15) is 4.79 Å². The monoisotopic (exact) mass is 185 g/mol. The lowest BCUT2D eigenvalue weighted by atomic mass is 10.0. The molecule has 0 radical (unpaired) electrons. The van der Waals surface area contributed by atoms with Crippen LogP contribution in [0.2, 0.25) is 0 Å². The molecule has 1 aliphatic rings. The summed E-state index contributed by atoms with van der Waals surface area (Å²) in [6.07, 6.45) is 2.25. The van der Waals surface area contributed by atoms with Gasteiger partial charge in [-0.15, -0.1) is 0 Å². The first-order valence-corrected chi connectivity index (χ1v) is 4.97. The molecular formula is C9H19N3O. The maximum atomic E-state index is 10.8. The summed E-state index contributed by atoms with van der Waals surface area (Å²) in [6, 6.07) is 0.541. The molecule has 76 valence electrons. The number of carbonyl (C=O) groups is 1. The van der Waals surface area contributed by atoms with Gasteiger partial charge in [0.1, 0.15) is 0 Å². The van der Waals surface area contributed by atoms with E-state index in [0.29, 0.717) is 12.6 Å². The zero-order valence-electron chi connectivity index (χ0n) is 8.25. The van der Waals surface area contributed by atoms with Crippen molar-refractivity contribution in [1.82, 2.24) is 10.2 Å². The van der Waals surface area contributed by atoms with Gasteiger partial charge in [0.05, 0.1) is 6.54 Å². The summed E-state index contributed by atoms with van der Waals surface area (Å²) in [4.78, 5) is 12.9. The maximum absolute atomic E-state index is 10.8. The fraction of sp³-hybridized carbons (Fsp3) is 0.889. The topological polar surface area (TPSA) is 58.4 Å². The van der Waals surface area contributed by atoms with E-state index in [-0.39, 0.29) is 5.91 Å². The van der Waals surface area contributed by atoms with Crippen molar-refractivity contribution in [1.29, 1.82) is 0 Å². The predicted octanol–water partition coefficient (Wildman–Crippen LogP) is -0.454. The summed E-state index contributed by atoms with van der Waals surface area (Å²) >= 11 is 0. The number of amides is 1. The van der Waals surface area contributed by atoms with Crippen LogP contribution in [0.25, 0.3) is 0 Å². The Morgan fingerprint density at radius 2 is 2.15 bits per heavy atom. The van der Waals surface area contributed by atoms with E-state index >= 15 is 0 Å². The molecule has 4 heteroatoms. The van der Waals surface area contributed by atoms with Gasteiger partial charge in [-0.2, -0.15) is 0 Å². The Kier molecular flexibility index (Phi) is 4.18. The van der Waals surface area contributed by atoms with Gasteiger partial charge in [-0.05, 0) is 32.5 Å². The number of hydrogen-bond acceptors (Lipinski definition) is 3. The molecule has 13 heavy (non-hydrogen) atoms. The van der Waals surface area contributed by atoms with Crippen molar-refractivity contribution in [2.24, 2.45) is 5.73 Å². The molecule has 0 aromatic carbocycles. The molecular weight excluding hydrogens is 166 g/mol. The van der Waals surface area contributed by atoms with Gasteiger partial charge in [0.15, 0.2) is 0 Å². The van der Waals surface area contributed by atoms with Crippen LogP contribution in [0.15, 0.2) is 0 Å². The van der Waals surface area contributed by atoms with Crippen LogP contribution in [-0.4, -0.2) is 43.0 Å². The van der Waals surface area contributed by atoms with E-state index in [1.165, 1.54) is 0 Å². The number of primary amides is 1. The summed E-state index contributed by atoms with van der Waals surface area (Å²) in [6.45, 7) is 5.50. The second-order valence-corrected chi connectivity index (χ2v) is 3.51. The normalized spacial score (nSPS) is 19.2. The molecule has 3 N–H and O–H groups in total. The van der Waals surface area contributed by atoms with Crippen molar-refractivity contribution >= 4 is 5.91 Å². The van der Waals surface area contributed by atoms with Crippen molar-refractivity contribution in [3.8, 4) is 0 Å². The highest BCUT2D eigenvalue weighted by atomic mass is 16.1.